The van der Waals surface area contributed by atoms with Crippen LogP contribution in [-0.4, -0.2) is 39.9 Å². The highest BCUT2D eigenvalue weighted by Gasteiger charge is 2.59. The molecule has 1 saturated carbocycles. The second-order valence-corrected chi connectivity index (χ2v) is 6.32. The van der Waals surface area contributed by atoms with Crippen molar-refractivity contribution in [2.24, 2.45) is 5.41 Å². The van der Waals surface area contributed by atoms with Crippen LogP contribution in [-0.2, 0) is 9.59 Å². The monoisotopic (exact) mass is 279 g/mol. The second-order valence-electron chi connectivity index (χ2n) is 6.32. The first-order valence-electron chi connectivity index (χ1n) is 7.45. The van der Waals surface area contributed by atoms with Gasteiger partial charge in [-0.25, -0.2) is 9.80 Å². The molecular weight excluding hydrogens is 258 g/mol. The number of piperidine rings is 1. The summed E-state index contributed by atoms with van der Waals surface area (Å²) in [5.74, 6) is -0.731. The number of carbonyl (C=O) groups is 3. The Morgan fingerprint density at radius 3 is 2.15 bits per heavy atom. The quantitative estimate of drug-likeness (QED) is 0.737. The van der Waals surface area contributed by atoms with E-state index in [1.165, 1.54) is 5.01 Å². The van der Waals surface area contributed by atoms with Crippen LogP contribution in [0.2, 0.25) is 0 Å². The zero-order valence-electron chi connectivity index (χ0n) is 12.0. The molecule has 6 nitrogen and oxygen atoms in total. The Balaban J connectivity index is 1.93. The summed E-state index contributed by atoms with van der Waals surface area (Å²) in [4.78, 5) is 36.9. The van der Waals surface area contributed by atoms with Gasteiger partial charge < -0.3 is 0 Å². The average Bonchev–Trinajstić information content (AvgIpc) is 2.30. The number of hydrazine groups is 1. The lowest BCUT2D eigenvalue weighted by molar-refractivity contribution is -0.177. The molecule has 0 aromatic heterocycles. The van der Waals surface area contributed by atoms with Gasteiger partial charge in [0.25, 0.3) is 5.91 Å². The Labute approximate surface area is 118 Å². The number of urea groups is 1. The molecule has 0 bridgehead atoms. The van der Waals surface area contributed by atoms with Gasteiger partial charge in [-0.2, -0.15) is 5.01 Å². The maximum Gasteiger partial charge on any atom is 0.345 e. The highest BCUT2D eigenvalue weighted by molar-refractivity contribution is 6.19. The molecule has 1 N–H and O–H groups in total. The minimum Gasteiger partial charge on any atom is -0.275 e. The molecule has 3 fully saturated rings. The smallest absolute Gasteiger partial charge is 0.275 e. The summed E-state index contributed by atoms with van der Waals surface area (Å²) in [5, 5.41) is 5.46. The van der Waals surface area contributed by atoms with Gasteiger partial charge in [-0.05, 0) is 39.5 Å². The predicted octanol–water partition coefficient (Wildman–Crippen LogP) is 1.41. The SMILES string of the molecule is CC1CCCC(C)N1N1C(=O)NC(=O)C2(CCC2)C1=O. The van der Waals surface area contributed by atoms with Gasteiger partial charge in [0.2, 0.25) is 5.91 Å². The standard InChI is InChI=1S/C14H21N3O3/c1-9-5-3-6-10(2)16(9)17-12(19)14(7-4-8-14)11(18)15-13(17)20/h9-10H,3-8H2,1-2H3,(H,15,18,20). The van der Waals surface area contributed by atoms with Crippen molar-refractivity contribution < 1.29 is 14.4 Å². The molecule has 20 heavy (non-hydrogen) atoms. The van der Waals surface area contributed by atoms with Crippen molar-refractivity contribution in [2.75, 3.05) is 0 Å². The zero-order valence-corrected chi connectivity index (χ0v) is 12.0. The lowest BCUT2D eigenvalue weighted by atomic mass is 9.66. The van der Waals surface area contributed by atoms with Crippen molar-refractivity contribution in [1.29, 1.82) is 0 Å². The highest BCUT2D eigenvalue weighted by atomic mass is 16.2. The number of amides is 4. The molecule has 2 aliphatic heterocycles. The predicted molar refractivity (Wildman–Crippen MR) is 71.3 cm³/mol. The van der Waals surface area contributed by atoms with Gasteiger partial charge in [-0.3, -0.25) is 14.9 Å². The molecule has 2 unspecified atom stereocenters. The third kappa shape index (κ3) is 1.70. The van der Waals surface area contributed by atoms with Gasteiger partial charge in [-0.1, -0.05) is 12.8 Å². The summed E-state index contributed by atoms with van der Waals surface area (Å²) in [7, 11) is 0. The molecule has 3 aliphatic rings. The molecular formula is C14H21N3O3. The van der Waals surface area contributed by atoms with E-state index in [1.54, 1.807) is 0 Å². The molecule has 6 heteroatoms. The van der Waals surface area contributed by atoms with E-state index in [2.05, 4.69) is 5.32 Å². The van der Waals surface area contributed by atoms with E-state index in [9.17, 15) is 14.4 Å². The minimum atomic E-state index is -0.981. The van der Waals surface area contributed by atoms with Crippen LogP contribution < -0.4 is 5.32 Å². The van der Waals surface area contributed by atoms with Crippen LogP contribution in [0.1, 0.15) is 52.4 Å². The van der Waals surface area contributed by atoms with E-state index in [4.69, 9.17) is 0 Å². The highest BCUT2D eigenvalue weighted by Crippen LogP contribution is 2.45. The molecule has 4 amide bonds. The van der Waals surface area contributed by atoms with Gasteiger partial charge in [0.15, 0.2) is 0 Å². The summed E-state index contributed by atoms with van der Waals surface area (Å²) in [6.45, 7) is 4.06. The number of hydrogen-bond donors (Lipinski definition) is 1. The Morgan fingerprint density at radius 1 is 1.05 bits per heavy atom. The molecule has 1 spiro atoms. The Morgan fingerprint density at radius 2 is 1.65 bits per heavy atom. The molecule has 3 rings (SSSR count). The Bertz CT molecular complexity index is 462. The van der Waals surface area contributed by atoms with Crippen molar-refractivity contribution in [3.05, 3.63) is 0 Å². The fraction of sp³-hybridized carbons (Fsp3) is 0.786. The topological polar surface area (TPSA) is 69.7 Å². The Hall–Kier alpha value is -1.43. The number of rotatable bonds is 1. The van der Waals surface area contributed by atoms with Crippen LogP contribution in [0.15, 0.2) is 0 Å². The van der Waals surface area contributed by atoms with Crippen molar-refractivity contribution in [3.63, 3.8) is 0 Å². The first-order chi connectivity index (χ1) is 9.47. The van der Waals surface area contributed by atoms with E-state index < -0.39 is 17.4 Å². The number of imide groups is 2. The number of carbonyl (C=O) groups excluding carboxylic acids is 3. The third-order valence-electron chi connectivity index (χ3n) is 5.03. The molecule has 110 valence electrons. The van der Waals surface area contributed by atoms with Crippen LogP contribution >= 0.6 is 0 Å². The summed E-state index contributed by atoms with van der Waals surface area (Å²) >= 11 is 0. The van der Waals surface area contributed by atoms with Crippen LogP contribution in [0.5, 0.6) is 0 Å². The molecule has 0 aromatic carbocycles. The third-order valence-corrected chi connectivity index (χ3v) is 5.03. The summed E-state index contributed by atoms with van der Waals surface area (Å²) < 4.78 is 0. The molecule has 0 aromatic rings. The normalized spacial score (nSPS) is 34.1. The maximum atomic E-state index is 12.7. The molecule has 2 saturated heterocycles. The minimum absolute atomic E-state index is 0.138. The van der Waals surface area contributed by atoms with Gasteiger partial charge in [0, 0.05) is 12.1 Å². The first kappa shape index (κ1) is 13.5. The van der Waals surface area contributed by atoms with E-state index in [0.717, 1.165) is 25.7 Å². The van der Waals surface area contributed by atoms with E-state index in [0.29, 0.717) is 12.8 Å². The van der Waals surface area contributed by atoms with Crippen molar-refractivity contribution in [1.82, 2.24) is 15.3 Å². The second kappa shape index (κ2) is 4.55. The van der Waals surface area contributed by atoms with Crippen molar-refractivity contribution in [2.45, 2.75) is 64.5 Å². The summed E-state index contributed by atoms with van der Waals surface area (Å²) in [6, 6.07) is -0.310. The van der Waals surface area contributed by atoms with Crippen LogP contribution in [0.4, 0.5) is 4.79 Å². The van der Waals surface area contributed by atoms with E-state index in [1.807, 2.05) is 18.9 Å². The fourth-order valence-electron chi connectivity index (χ4n) is 3.64. The van der Waals surface area contributed by atoms with Gasteiger partial charge in [0.1, 0.15) is 5.41 Å². The molecule has 2 heterocycles. The summed E-state index contributed by atoms with van der Waals surface area (Å²) in [5.41, 5.74) is -0.981. The zero-order chi connectivity index (χ0) is 14.5. The first-order valence-corrected chi connectivity index (χ1v) is 7.45. The molecule has 2 atom stereocenters. The van der Waals surface area contributed by atoms with Crippen LogP contribution in [0, 0.1) is 5.41 Å². The molecule has 0 radical (unpaired) electrons. The van der Waals surface area contributed by atoms with E-state index >= 15 is 0 Å². The molecule has 1 aliphatic carbocycles. The Kier molecular flexibility index (Phi) is 3.08. The number of nitrogens with one attached hydrogen (secondary N) is 1. The average molecular weight is 279 g/mol. The summed E-state index contributed by atoms with van der Waals surface area (Å²) in [6.07, 6.45) is 5.00. The maximum absolute atomic E-state index is 12.7. The van der Waals surface area contributed by atoms with Gasteiger partial charge in [0.05, 0.1) is 0 Å². The number of hydrogen-bond acceptors (Lipinski definition) is 4. The van der Waals surface area contributed by atoms with Crippen LogP contribution in [0.3, 0.4) is 0 Å². The lowest BCUT2D eigenvalue weighted by Crippen LogP contribution is -2.72. The largest absolute Gasteiger partial charge is 0.345 e. The van der Waals surface area contributed by atoms with Gasteiger partial charge in [-0.15, -0.1) is 0 Å². The van der Waals surface area contributed by atoms with Crippen LogP contribution in [0.25, 0.3) is 0 Å². The van der Waals surface area contributed by atoms with E-state index in [-0.39, 0.29) is 18.0 Å². The van der Waals surface area contributed by atoms with Crippen molar-refractivity contribution >= 4 is 17.8 Å². The lowest BCUT2D eigenvalue weighted by Gasteiger charge is -2.51. The van der Waals surface area contributed by atoms with Crippen molar-refractivity contribution in [3.8, 4) is 0 Å². The number of barbiturate groups is 1. The fourth-order valence-corrected chi connectivity index (χ4v) is 3.64. The van der Waals surface area contributed by atoms with Gasteiger partial charge >= 0.3 is 6.03 Å². The number of nitrogens with zero attached hydrogens (tertiary/aromatic N) is 2.